The fourth-order valence-corrected chi connectivity index (χ4v) is 5.10. The van der Waals surface area contributed by atoms with E-state index in [-0.39, 0.29) is 36.0 Å². The predicted molar refractivity (Wildman–Crippen MR) is 133 cm³/mol. The molecular weight excluding hydrogens is 505 g/mol. The van der Waals surface area contributed by atoms with Gasteiger partial charge >= 0.3 is 5.69 Å². The van der Waals surface area contributed by atoms with E-state index in [0.29, 0.717) is 26.2 Å². The van der Waals surface area contributed by atoms with Gasteiger partial charge in [0.25, 0.3) is 5.56 Å². The first-order valence-electron chi connectivity index (χ1n) is 12.2. The predicted octanol–water partition coefficient (Wildman–Crippen LogP) is -2.60. The lowest BCUT2D eigenvalue weighted by Crippen LogP contribution is -2.49. The van der Waals surface area contributed by atoms with Crippen molar-refractivity contribution in [3.8, 4) is 0 Å². The van der Waals surface area contributed by atoms with Gasteiger partial charge in [0.1, 0.15) is 24.1 Å². The number of nitrogens with two attached hydrogens (primary N) is 1. The Balaban J connectivity index is 1.35. The molecule has 0 aliphatic carbocycles. The Morgan fingerprint density at radius 2 is 1.79 bits per heavy atom. The number of nitrogens with one attached hydrogen (secondary N) is 1. The number of H-pyrrole nitrogens is 1. The third-order valence-electron chi connectivity index (χ3n) is 7.03. The molecule has 0 saturated carbocycles. The third-order valence-corrected chi connectivity index (χ3v) is 7.03. The number of benzene rings is 1. The molecule has 0 radical (unpaired) electrons. The number of imidazole rings is 1. The summed E-state index contributed by atoms with van der Waals surface area (Å²) >= 11 is 0. The second kappa shape index (κ2) is 10.4. The fraction of sp³-hybridized carbons (Fsp3) is 0.522. The molecule has 14 nitrogen and oxygen atoms in total. The van der Waals surface area contributed by atoms with E-state index in [2.05, 4.69) is 14.9 Å². The summed E-state index contributed by atoms with van der Waals surface area (Å²) in [7, 11) is 0. The topological polar surface area (TPSA) is 195 Å². The Labute approximate surface area is 214 Å². The minimum absolute atomic E-state index is 0.179. The number of anilines is 2. The molecule has 2 saturated heterocycles. The summed E-state index contributed by atoms with van der Waals surface area (Å²) in [5.41, 5.74) is 4.69. The highest BCUT2D eigenvalue weighted by Gasteiger charge is 2.45. The number of ether oxygens (including phenoxy) is 1. The summed E-state index contributed by atoms with van der Waals surface area (Å²) in [5, 5.41) is 40.9. The Bertz CT molecular complexity index is 1400. The average Bonchev–Trinajstić information content (AvgIpc) is 3.32. The summed E-state index contributed by atoms with van der Waals surface area (Å²) in [4.78, 5) is 36.7. The van der Waals surface area contributed by atoms with Crippen molar-refractivity contribution in [2.45, 2.75) is 37.2 Å². The molecule has 206 valence electrons. The van der Waals surface area contributed by atoms with Crippen LogP contribution in [0.2, 0.25) is 0 Å². The molecule has 0 amide bonds. The Kier molecular flexibility index (Phi) is 7.21. The third kappa shape index (κ3) is 4.79. The van der Waals surface area contributed by atoms with E-state index in [9.17, 15) is 34.4 Å². The van der Waals surface area contributed by atoms with Gasteiger partial charge in [0.05, 0.1) is 19.3 Å². The summed E-state index contributed by atoms with van der Waals surface area (Å²) in [6.45, 7) is 1.90. The zero-order valence-electron chi connectivity index (χ0n) is 20.4. The number of nitrogen functional groups attached to an aromatic ring is 1. The molecule has 5 atom stereocenters. The zero-order valence-corrected chi connectivity index (χ0v) is 20.4. The van der Waals surface area contributed by atoms with Crippen LogP contribution in [0.4, 0.5) is 16.0 Å². The largest absolute Gasteiger partial charge is 0.394 e. The number of aromatic nitrogens is 4. The van der Waals surface area contributed by atoms with Crippen molar-refractivity contribution in [2.24, 2.45) is 0 Å². The van der Waals surface area contributed by atoms with E-state index < -0.39 is 48.5 Å². The lowest BCUT2D eigenvalue weighted by atomic mass is 10.1. The van der Waals surface area contributed by atoms with Crippen molar-refractivity contribution in [3.05, 3.63) is 50.9 Å². The normalized spacial score (nSPS) is 25.3. The van der Waals surface area contributed by atoms with Gasteiger partial charge in [-0.2, -0.15) is 4.98 Å². The summed E-state index contributed by atoms with van der Waals surface area (Å²) in [6.07, 6.45) is -6.71. The van der Waals surface area contributed by atoms with Crippen LogP contribution in [0.5, 0.6) is 0 Å². The van der Waals surface area contributed by atoms with Crippen LogP contribution in [-0.2, 0) is 11.3 Å². The van der Waals surface area contributed by atoms with Gasteiger partial charge in [0.15, 0.2) is 17.4 Å². The summed E-state index contributed by atoms with van der Waals surface area (Å²) < 4.78 is 20.6. The van der Waals surface area contributed by atoms with Crippen LogP contribution >= 0.6 is 0 Å². The van der Waals surface area contributed by atoms with Crippen molar-refractivity contribution < 1.29 is 29.6 Å². The maximum Gasteiger partial charge on any atom is 0.332 e. The number of rotatable bonds is 7. The number of hydrogen-bond donors (Lipinski definition) is 6. The number of fused-ring (bicyclic) bond motifs is 1. The molecule has 2 fully saturated rings. The SMILES string of the molecule is Nc1nc2c(c(=O)[nH]1)n(CC(O)CN1CCN(c3ccc(F)cc3)CC1)c(=O)n2C1OC(CO)[C@@H](O)[C@H]1O. The van der Waals surface area contributed by atoms with Gasteiger partial charge in [-0.25, -0.2) is 13.8 Å². The number of aliphatic hydroxyl groups excluding tert-OH is 4. The Morgan fingerprint density at radius 1 is 1.11 bits per heavy atom. The van der Waals surface area contributed by atoms with E-state index in [1.54, 1.807) is 12.1 Å². The van der Waals surface area contributed by atoms with E-state index in [4.69, 9.17) is 10.5 Å². The van der Waals surface area contributed by atoms with E-state index >= 15 is 0 Å². The standard InChI is InChI=1S/C23H30FN7O7/c24-12-1-3-13(4-2-12)29-7-5-28(6-8-29)9-14(33)10-30-16-19(26-22(25)27-20(16)36)31(23(30)37)21-18(35)17(34)15(11-32)38-21/h1-4,14-15,17-18,21,32-35H,5-11H2,(H3,25,26,27,36)/t14?,15?,17-,18-,21?/m1/s1. The first-order chi connectivity index (χ1) is 18.2. The lowest BCUT2D eigenvalue weighted by Gasteiger charge is -2.36. The van der Waals surface area contributed by atoms with Crippen LogP contribution in [-0.4, -0.2) is 108 Å². The number of piperazine rings is 1. The molecule has 0 bridgehead atoms. The first kappa shape index (κ1) is 26.3. The molecule has 2 aliphatic heterocycles. The molecule has 5 rings (SSSR count). The maximum atomic E-state index is 13.4. The van der Waals surface area contributed by atoms with Gasteiger partial charge in [-0.3, -0.25) is 19.2 Å². The first-order valence-corrected chi connectivity index (χ1v) is 12.2. The van der Waals surface area contributed by atoms with E-state index in [1.807, 2.05) is 4.90 Å². The van der Waals surface area contributed by atoms with Crippen LogP contribution in [0, 0.1) is 5.82 Å². The maximum absolute atomic E-state index is 13.4. The quantitative estimate of drug-likeness (QED) is 0.186. The number of β-amino-alcohol motifs (C(OH)–C–C–N with tert-alkyl or cyclic N) is 1. The average molecular weight is 536 g/mol. The number of halogens is 1. The Hall–Kier alpha value is -3.34. The van der Waals surface area contributed by atoms with Gasteiger partial charge in [-0.1, -0.05) is 0 Å². The minimum Gasteiger partial charge on any atom is -0.394 e. The summed E-state index contributed by atoms with van der Waals surface area (Å²) in [6, 6.07) is 6.24. The molecule has 1 aromatic carbocycles. The lowest BCUT2D eigenvalue weighted by molar-refractivity contribution is -0.0529. The molecule has 2 aromatic heterocycles. The van der Waals surface area contributed by atoms with Crippen molar-refractivity contribution in [1.29, 1.82) is 0 Å². The molecule has 2 aliphatic rings. The van der Waals surface area contributed by atoms with Gasteiger partial charge in [0, 0.05) is 38.4 Å². The van der Waals surface area contributed by atoms with Gasteiger partial charge in [-0.05, 0) is 24.3 Å². The fourth-order valence-electron chi connectivity index (χ4n) is 5.10. The van der Waals surface area contributed by atoms with Crippen LogP contribution in [0.15, 0.2) is 33.9 Å². The van der Waals surface area contributed by atoms with Crippen LogP contribution in [0.3, 0.4) is 0 Å². The zero-order chi connectivity index (χ0) is 27.1. The number of nitrogens with zero attached hydrogens (tertiary/aromatic N) is 5. The van der Waals surface area contributed by atoms with E-state index in [0.717, 1.165) is 14.8 Å². The molecule has 38 heavy (non-hydrogen) atoms. The minimum atomic E-state index is -1.59. The van der Waals surface area contributed by atoms with Crippen molar-refractivity contribution in [1.82, 2.24) is 24.0 Å². The molecule has 4 heterocycles. The molecule has 0 spiro atoms. The molecule has 7 N–H and O–H groups in total. The monoisotopic (exact) mass is 535 g/mol. The Morgan fingerprint density at radius 3 is 2.42 bits per heavy atom. The molecule has 15 heteroatoms. The molecule has 3 unspecified atom stereocenters. The highest BCUT2D eigenvalue weighted by Crippen LogP contribution is 2.30. The second-order valence-corrected chi connectivity index (χ2v) is 9.53. The smallest absolute Gasteiger partial charge is 0.332 e. The van der Waals surface area contributed by atoms with Crippen molar-refractivity contribution in [3.63, 3.8) is 0 Å². The highest BCUT2D eigenvalue weighted by atomic mass is 19.1. The highest BCUT2D eigenvalue weighted by molar-refractivity contribution is 5.71. The number of aliphatic hydroxyl groups is 4. The van der Waals surface area contributed by atoms with Gasteiger partial charge in [-0.15, -0.1) is 0 Å². The van der Waals surface area contributed by atoms with Crippen LogP contribution < -0.4 is 21.9 Å². The number of hydrogen-bond acceptors (Lipinski definition) is 11. The van der Waals surface area contributed by atoms with Crippen LogP contribution in [0.25, 0.3) is 11.2 Å². The van der Waals surface area contributed by atoms with Gasteiger partial charge in [0.2, 0.25) is 5.95 Å². The second-order valence-electron chi connectivity index (χ2n) is 9.53. The molecular formula is C23H30FN7O7. The van der Waals surface area contributed by atoms with Crippen molar-refractivity contribution in [2.75, 3.05) is 50.0 Å². The van der Waals surface area contributed by atoms with Crippen LogP contribution in [0.1, 0.15) is 6.23 Å². The number of aromatic amines is 1. The summed E-state index contributed by atoms with van der Waals surface area (Å²) in [5.74, 6) is -0.582. The molecule has 3 aromatic rings. The van der Waals surface area contributed by atoms with Gasteiger partial charge < -0.3 is 35.8 Å². The van der Waals surface area contributed by atoms with E-state index in [1.165, 1.54) is 12.1 Å². The van der Waals surface area contributed by atoms with Crippen molar-refractivity contribution >= 4 is 22.8 Å².